The predicted molar refractivity (Wildman–Crippen MR) is 134 cm³/mol. The number of methoxy groups -OCH3 is 1. The Balaban J connectivity index is 1.78. The van der Waals surface area contributed by atoms with E-state index in [1.807, 2.05) is 49.5 Å². The number of aryl methyl sites for hydroxylation is 1. The topological polar surface area (TPSA) is 88.5 Å². The van der Waals surface area contributed by atoms with E-state index in [4.69, 9.17) is 17.0 Å². The van der Waals surface area contributed by atoms with Crippen molar-refractivity contribution in [1.82, 2.24) is 14.9 Å². The lowest BCUT2D eigenvalue weighted by molar-refractivity contribution is 0.186. The number of rotatable bonds is 8. The molecule has 1 saturated heterocycles. The van der Waals surface area contributed by atoms with Crippen LogP contribution >= 0.6 is 12.2 Å². The minimum absolute atomic E-state index is 0.160. The summed E-state index contributed by atoms with van der Waals surface area (Å²) in [7, 11) is -1.69. The van der Waals surface area contributed by atoms with Crippen molar-refractivity contribution in [1.29, 1.82) is 0 Å². The summed E-state index contributed by atoms with van der Waals surface area (Å²) in [5, 5.41) is 4.03. The highest BCUT2D eigenvalue weighted by Crippen LogP contribution is 2.42. The van der Waals surface area contributed by atoms with E-state index in [-0.39, 0.29) is 12.1 Å². The molecule has 0 amide bonds. The Hall–Kier alpha value is -2.95. The first kappa shape index (κ1) is 23.2. The fourth-order valence-electron chi connectivity index (χ4n) is 4.13. The van der Waals surface area contributed by atoms with E-state index in [1.54, 1.807) is 19.4 Å². The number of nitrogens with zero attached hydrogens (tertiary/aromatic N) is 3. The maximum Gasteiger partial charge on any atom is 0.229 e. The van der Waals surface area contributed by atoms with Crippen LogP contribution in [0.15, 0.2) is 60.9 Å². The Morgan fingerprint density at radius 2 is 2.03 bits per heavy atom. The average molecular weight is 486 g/mol. The number of anilines is 2. The lowest BCUT2D eigenvalue weighted by Gasteiger charge is -2.29. The second-order valence-corrected chi connectivity index (χ2v) is 10.1. The number of ether oxygens (including phenoxy) is 1. The molecule has 3 heterocycles. The molecule has 0 aliphatic carbocycles. The third-order valence-electron chi connectivity index (χ3n) is 5.59. The van der Waals surface area contributed by atoms with Crippen LogP contribution in [0.1, 0.15) is 29.0 Å². The first-order valence-corrected chi connectivity index (χ1v) is 12.8. The van der Waals surface area contributed by atoms with Gasteiger partial charge in [0.15, 0.2) is 5.11 Å². The first-order valence-electron chi connectivity index (χ1n) is 10.5. The number of aromatic nitrogens is 2. The van der Waals surface area contributed by atoms with Crippen molar-refractivity contribution < 1.29 is 13.2 Å². The zero-order chi connectivity index (χ0) is 23.6. The van der Waals surface area contributed by atoms with Crippen LogP contribution in [0.2, 0.25) is 0 Å². The van der Waals surface area contributed by atoms with Gasteiger partial charge in [0, 0.05) is 37.4 Å². The molecule has 1 aliphatic heterocycles. The Labute approximate surface area is 199 Å². The van der Waals surface area contributed by atoms with Crippen molar-refractivity contribution in [3.8, 4) is 0 Å². The maximum absolute atomic E-state index is 11.7. The molecule has 2 aromatic heterocycles. The van der Waals surface area contributed by atoms with E-state index in [1.165, 1.54) is 0 Å². The first-order chi connectivity index (χ1) is 15.8. The van der Waals surface area contributed by atoms with E-state index < -0.39 is 10.0 Å². The molecule has 8 nitrogen and oxygen atoms in total. The molecule has 33 heavy (non-hydrogen) atoms. The summed E-state index contributed by atoms with van der Waals surface area (Å²) in [6.45, 7) is 3.17. The molecule has 0 radical (unpaired) electrons. The molecule has 2 N–H and O–H groups in total. The number of sulfonamides is 1. The maximum atomic E-state index is 11.7. The molecular formula is C23H27N5O3S2. The zero-order valence-corrected chi connectivity index (χ0v) is 20.4. The Bertz CT molecular complexity index is 1240. The Morgan fingerprint density at radius 3 is 2.70 bits per heavy atom. The van der Waals surface area contributed by atoms with Gasteiger partial charge < -0.3 is 19.5 Å². The van der Waals surface area contributed by atoms with Gasteiger partial charge in [0.05, 0.1) is 30.3 Å². The fraction of sp³-hybridized carbons (Fsp3) is 0.304. The van der Waals surface area contributed by atoms with Crippen molar-refractivity contribution >= 4 is 38.7 Å². The highest BCUT2D eigenvalue weighted by atomic mass is 32.2. The van der Waals surface area contributed by atoms with Gasteiger partial charge in [-0.05, 0) is 67.2 Å². The zero-order valence-electron chi connectivity index (χ0n) is 18.7. The van der Waals surface area contributed by atoms with Gasteiger partial charge in [0.1, 0.15) is 6.04 Å². The normalized spacial score (nSPS) is 18.4. The third-order valence-corrected chi connectivity index (χ3v) is 6.49. The van der Waals surface area contributed by atoms with Crippen molar-refractivity contribution in [2.45, 2.75) is 25.6 Å². The molecule has 1 fully saturated rings. The standard InChI is InChI=1S/C23H27N5O3S2/c1-16-15-17(9-10-18(16)26-33(3,29)30)28-22(20-8-6-12-27(20)13-14-31-2)21(25-23(28)32)19-7-4-5-11-24-19/h4-12,15,21-22,26H,13-14H2,1-3H3,(H,25,32). The summed E-state index contributed by atoms with van der Waals surface area (Å²) >= 11 is 5.79. The van der Waals surface area contributed by atoms with Crippen LogP contribution in [0.5, 0.6) is 0 Å². The molecule has 3 aromatic rings. The number of nitrogens with one attached hydrogen (secondary N) is 2. The number of pyridine rings is 1. The van der Waals surface area contributed by atoms with E-state index in [0.717, 1.165) is 28.9 Å². The average Bonchev–Trinajstić information content (AvgIpc) is 3.37. The van der Waals surface area contributed by atoms with Crippen molar-refractivity contribution in [2.75, 3.05) is 29.6 Å². The third kappa shape index (κ3) is 5.02. The number of benzene rings is 1. The van der Waals surface area contributed by atoms with E-state index in [2.05, 4.69) is 30.6 Å². The molecule has 174 valence electrons. The van der Waals surface area contributed by atoms with Crippen LogP contribution < -0.4 is 14.9 Å². The van der Waals surface area contributed by atoms with Crippen molar-refractivity contribution in [3.05, 3.63) is 77.9 Å². The van der Waals surface area contributed by atoms with Crippen molar-refractivity contribution in [3.63, 3.8) is 0 Å². The van der Waals surface area contributed by atoms with Gasteiger partial charge in [-0.25, -0.2) is 8.42 Å². The SMILES string of the molecule is COCCn1cccc1C1C(c2ccccn2)NC(=S)N1c1ccc(NS(C)(=O)=O)c(C)c1. The summed E-state index contributed by atoms with van der Waals surface area (Å²) < 4.78 is 33.4. The van der Waals surface area contributed by atoms with E-state index >= 15 is 0 Å². The number of hydrogen-bond acceptors (Lipinski definition) is 5. The van der Waals surface area contributed by atoms with Gasteiger partial charge in [0.25, 0.3) is 0 Å². The molecule has 1 aromatic carbocycles. The smallest absolute Gasteiger partial charge is 0.229 e. The number of thiocarbonyl (C=S) groups is 1. The number of hydrogen-bond donors (Lipinski definition) is 2. The van der Waals surface area contributed by atoms with Crippen LogP contribution in [-0.4, -0.2) is 43.1 Å². The largest absolute Gasteiger partial charge is 0.383 e. The fourth-order valence-corrected chi connectivity index (χ4v) is 5.11. The van der Waals surface area contributed by atoms with Gasteiger partial charge in [-0.2, -0.15) is 0 Å². The summed E-state index contributed by atoms with van der Waals surface area (Å²) in [5.41, 5.74) is 4.17. The second-order valence-electron chi connectivity index (χ2n) is 7.99. The molecular weight excluding hydrogens is 458 g/mol. The Morgan fingerprint density at radius 1 is 1.21 bits per heavy atom. The minimum Gasteiger partial charge on any atom is -0.383 e. The Kier molecular flexibility index (Phi) is 6.68. The van der Waals surface area contributed by atoms with Gasteiger partial charge in [-0.15, -0.1) is 0 Å². The highest BCUT2D eigenvalue weighted by Gasteiger charge is 2.42. The lowest BCUT2D eigenvalue weighted by Crippen LogP contribution is -2.30. The molecule has 2 unspecified atom stereocenters. The van der Waals surface area contributed by atoms with Crippen LogP contribution in [-0.2, 0) is 21.3 Å². The lowest BCUT2D eigenvalue weighted by atomic mass is 10.0. The predicted octanol–water partition coefficient (Wildman–Crippen LogP) is 3.39. The van der Waals surface area contributed by atoms with Gasteiger partial charge in [0.2, 0.25) is 10.0 Å². The van der Waals surface area contributed by atoms with Crippen LogP contribution in [0.4, 0.5) is 11.4 Å². The molecule has 1 aliphatic rings. The van der Waals surface area contributed by atoms with Crippen LogP contribution in [0.3, 0.4) is 0 Å². The van der Waals surface area contributed by atoms with Crippen LogP contribution in [0.25, 0.3) is 0 Å². The van der Waals surface area contributed by atoms with Gasteiger partial charge in [-0.3, -0.25) is 9.71 Å². The summed E-state index contributed by atoms with van der Waals surface area (Å²) in [4.78, 5) is 6.66. The molecule has 0 bridgehead atoms. The van der Waals surface area contributed by atoms with Gasteiger partial charge >= 0.3 is 0 Å². The summed E-state index contributed by atoms with van der Waals surface area (Å²) in [6, 6.07) is 15.2. The monoisotopic (exact) mass is 485 g/mol. The van der Waals surface area contributed by atoms with E-state index in [9.17, 15) is 8.42 Å². The molecule has 0 spiro atoms. The van der Waals surface area contributed by atoms with Crippen LogP contribution in [0, 0.1) is 6.92 Å². The van der Waals surface area contributed by atoms with Gasteiger partial charge in [-0.1, -0.05) is 6.07 Å². The summed E-state index contributed by atoms with van der Waals surface area (Å²) in [5.74, 6) is 0. The highest BCUT2D eigenvalue weighted by molar-refractivity contribution is 7.92. The van der Waals surface area contributed by atoms with Crippen molar-refractivity contribution in [2.24, 2.45) is 0 Å². The molecule has 0 saturated carbocycles. The summed E-state index contributed by atoms with van der Waals surface area (Å²) in [6.07, 6.45) is 4.95. The second kappa shape index (κ2) is 9.50. The molecule has 10 heteroatoms. The van der Waals surface area contributed by atoms with E-state index in [0.29, 0.717) is 24.0 Å². The molecule has 2 atom stereocenters. The minimum atomic E-state index is -3.37. The molecule has 4 rings (SSSR count). The quantitative estimate of drug-likeness (QED) is 0.473.